The van der Waals surface area contributed by atoms with Gasteiger partial charge >= 0.3 is 57.5 Å². The molecule has 1 aliphatic carbocycles. The van der Waals surface area contributed by atoms with Crippen LogP contribution in [0.15, 0.2) is 54.6 Å². The van der Waals surface area contributed by atoms with E-state index in [1.807, 2.05) is 30.3 Å². The maximum atomic E-state index is 13.0. The number of nitrogens with one attached hydrogen (secondary N) is 1. The minimum atomic E-state index is -4.35. The molecule has 0 bridgehead atoms. The van der Waals surface area contributed by atoms with Crippen LogP contribution in [0, 0.1) is 11.8 Å². The molecular formula is C25H32ClKN2O8S. The number of carbonyl (C=O) groups excluding carboxylic acids is 2. The van der Waals surface area contributed by atoms with Crippen molar-refractivity contribution < 1.29 is 88.9 Å². The second-order valence-electron chi connectivity index (χ2n) is 8.74. The zero-order chi connectivity index (χ0) is 26.0. The second-order valence-corrected chi connectivity index (χ2v) is 10.7. The molecule has 0 saturated heterocycles. The Morgan fingerprint density at radius 1 is 0.947 bits per heavy atom. The second kappa shape index (κ2) is 17.6. The van der Waals surface area contributed by atoms with Crippen LogP contribution in [-0.4, -0.2) is 62.6 Å². The van der Waals surface area contributed by atoms with E-state index in [0.717, 1.165) is 25.7 Å². The summed E-state index contributed by atoms with van der Waals surface area (Å²) in [5.41, 5.74) is 1.36. The summed E-state index contributed by atoms with van der Waals surface area (Å²) in [6, 6.07) is 16.3. The third kappa shape index (κ3) is 12.4. The molecule has 3 N–H and O–H groups in total. The van der Waals surface area contributed by atoms with Crippen molar-refractivity contribution >= 4 is 45.1 Å². The summed E-state index contributed by atoms with van der Waals surface area (Å²) in [5.74, 6) is -0.564. The fourth-order valence-electron chi connectivity index (χ4n) is 4.03. The first-order valence-corrected chi connectivity index (χ1v) is 13.7. The van der Waals surface area contributed by atoms with Crippen LogP contribution >= 0.6 is 11.6 Å². The first-order valence-electron chi connectivity index (χ1n) is 11.8. The number of carbonyl (C=O) groups is 2. The molecule has 10 nitrogen and oxygen atoms in total. The van der Waals surface area contributed by atoms with Gasteiger partial charge in [0.15, 0.2) is 0 Å². The van der Waals surface area contributed by atoms with Gasteiger partial charge in [-0.15, -0.1) is 0 Å². The van der Waals surface area contributed by atoms with Crippen molar-refractivity contribution in [2.75, 3.05) is 37.0 Å². The van der Waals surface area contributed by atoms with Gasteiger partial charge in [-0.05, 0) is 73.9 Å². The number of rotatable bonds is 11. The quantitative estimate of drug-likeness (QED) is 0.289. The molecule has 1 saturated carbocycles. The maximum absolute atomic E-state index is 13.0. The molecule has 0 spiro atoms. The molecule has 1 aliphatic rings. The van der Waals surface area contributed by atoms with Gasteiger partial charge in [-0.25, -0.2) is 18.1 Å². The zero-order valence-electron chi connectivity index (χ0n) is 21.3. The van der Waals surface area contributed by atoms with E-state index in [9.17, 15) is 22.6 Å². The van der Waals surface area contributed by atoms with E-state index in [1.165, 1.54) is 4.90 Å². The maximum Gasteiger partial charge on any atom is 1.00 e. The van der Waals surface area contributed by atoms with Crippen LogP contribution < -0.4 is 61.6 Å². The molecule has 2 aromatic rings. The number of nitrogens with zero attached hydrogens (tertiary/aromatic N) is 1. The summed E-state index contributed by atoms with van der Waals surface area (Å²) in [6.07, 6.45) is 3.07. The SMILES string of the molecule is O.O=C(COCC1CCC(COC(=O)N(c2ccccc2)c2ccc(Cl)cc2)CC1)NCCS(=O)(=O)[O-].[K+]. The number of halogens is 1. The summed E-state index contributed by atoms with van der Waals surface area (Å²) < 4.78 is 42.8. The van der Waals surface area contributed by atoms with E-state index in [4.69, 9.17) is 21.1 Å². The van der Waals surface area contributed by atoms with Crippen molar-refractivity contribution in [1.29, 1.82) is 0 Å². The Morgan fingerprint density at radius 2 is 1.50 bits per heavy atom. The average molecular weight is 595 g/mol. The van der Waals surface area contributed by atoms with E-state index in [-0.39, 0.29) is 75.9 Å². The van der Waals surface area contributed by atoms with Crippen molar-refractivity contribution in [3.05, 3.63) is 59.6 Å². The molecule has 2 amide bonds. The summed E-state index contributed by atoms with van der Waals surface area (Å²) in [6.45, 7) is 0.320. The molecule has 0 aliphatic heterocycles. The summed E-state index contributed by atoms with van der Waals surface area (Å²) in [7, 11) is -4.35. The standard InChI is InChI=1S/C25H31ClN2O7S.K.H2O/c26-21-10-12-23(13-11-21)28(22-4-2-1-3-5-22)25(30)35-17-20-8-6-19(7-9-20)16-34-18-24(29)27-14-15-36(31,32)33;;/h1-5,10-13,19-20H,6-9,14-18H2,(H,27,29)(H,31,32,33);;1H2/q;+1;/p-1. The Labute approximate surface area is 270 Å². The fraction of sp³-hybridized carbons (Fsp3) is 0.440. The molecule has 0 heterocycles. The Balaban J connectivity index is 0.00000361. The first-order chi connectivity index (χ1) is 17.2. The third-order valence-electron chi connectivity index (χ3n) is 5.95. The Morgan fingerprint density at radius 3 is 2.08 bits per heavy atom. The molecule has 0 unspecified atom stereocenters. The van der Waals surface area contributed by atoms with Crippen LogP contribution in [-0.2, 0) is 24.4 Å². The van der Waals surface area contributed by atoms with Gasteiger partial charge in [0, 0.05) is 11.6 Å². The number of hydrogen-bond acceptors (Lipinski definition) is 7. The van der Waals surface area contributed by atoms with Crippen LogP contribution in [0.3, 0.4) is 0 Å². The molecule has 38 heavy (non-hydrogen) atoms. The topological polar surface area (TPSA) is 157 Å². The predicted molar refractivity (Wildman–Crippen MR) is 139 cm³/mol. The molecule has 13 heteroatoms. The van der Waals surface area contributed by atoms with Gasteiger partial charge in [0.1, 0.15) is 6.61 Å². The number of benzene rings is 2. The largest absolute Gasteiger partial charge is 1.00 e. The number of para-hydroxylation sites is 1. The smallest absolute Gasteiger partial charge is 0.748 e. The molecule has 1 fully saturated rings. The van der Waals surface area contributed by atoms with Gasteiger partial charge in [-0.3, -0.25) is 4.79 Å². The minimum absolute atomic E-state index is 0. The Bertz CT molecular complexity index is 1100. The summed E-state index contributed by atoms with van der Waals surface area (Å²) in [4.78, 5) is 26.2. The van der Waals surface area contributed by atoms with Crippen LogP contribution in [0.2, 0.25) is 5.02 Å². The van der Waals surface area contributed by atoms with E-state index < -0.39 is 27.9 Å². The molecule has 0 atom stereocenters. The fourth-order valence-corrected chi connectivity index (χ4v) is 4.51. The van der Waals surface area contributed by atoms with E-state index >= 15 is 0 Å². The third-order valence-corrected chi connectivity index (χ3v) is 6.91. The molecular weight excluding hydrogens is 563 g/mol. The van der Waals surface area contributed by atoms with Gasteiger partial charge in [0.25, 0.3) is 0 Å². The molecule has 0 radical (unpaired) electrons. The van der Waals surface area contributed by atoms with Crippen molar-refractivity contribution in [2.24, 2.45) is 11.8 Å². The van der Waals surface area contributed by atoms with Crippen LogP contribution in [0.4, 0.5) is 16.2 Å². The van der Waals surface area contributed by atoms with E-state index in [0.29, 0.717) is 35.5 Å². The molecule has 3 rings (SSSR count). The Kier molecular flexibility index (Phi) is 16.2. The minimum Gasteiger partial charge on any atom is -0.748 e. The number of ether oxygens (including phenoxy) is 2. The number of anilines is 2. The Hall–Kier alpha value is -1.06. The average Bonchev–Trinajstić information content (AvgIpc) is 2.85. The van der Waals surface area contributed by atoms with Gasteiger partial charge in [-0.2, -0.15) is 0 Å². The summed E-state index contributed by atoms with van der Waals surface area (Å²) >= 11 is 6.00. The normalized spacial score (nSPS) is 16.9. The molecule has 2 aromatic carbocycles. The van der Waals surface area contributed by atoms with Gasteiger partial charge < -0.3 is 24.8 Å². The van der Waals surface area contributed by atoms with Crippen LogP contribution in [0.5, 0.6) is 0 Å². The monoisotopic (exact) mass is 594 g/mol. The van der Waals surface area contributed by atoms with Gasteiger partial charge in [0.2, 0.25) is 5.91 Å². The summed E-state index contributed by atoms with van der Waals surface area (Å²) in [5, 5.41) is 2.92. The van der Waals surface area contributed by atoms with Gasteiger partial charge in [0.05, 0.1) is 40.5 Å². The van der Waals surface area contributed by atoms with Crippen molar-refractivity contribution in [2.45, 2.75) is 25.7 Å². The van der Waals surface area contributed by atoms with Crippen molar-refractivity contribution in [3.8, 4) is 0 Å². The van der Waals surface area contributed by atoms with Crippen molar-refractivity contribution in [1.82, 2.24) is 5.32 Å². The number of amides is 2. The predicted octanol–water partition coefficient (Wildman–Crippen LogP) is 0.278. The first kappa shape index (κ1) is 35.0. The molecule has 0 aromatic heterocycles. The van der Waals surface area contributed by atoms with Crippen LogP contribution in [0.25, 0.3) is 0 Å². The van der Waals surface area contributed by atoms with E-state index in [2.05, 4.69) is 5.32 Å². The van der Waals surface area contributed by atoms with Gasteiger partial charge in [-0.1, -0.05) is 29.8 Å². The van der Waals surface area contributed by atoms with E-state index in [1.54, 1.807) is 24.3 Å². The number of hydrogen-bond donors (Lipinski definition) is 1. The van der Waals surface area contributed by atoms with Crippen molar-refractivity contribution in [3.63, 3.8) is 0 Å². The molecule has 204 valence electrons. The zero-order valence-corrected chi connectivity index (χ0v) is 26.0. The van der Waals surface area contributed by atoms with Crippen LogP contribution in [0.1, 0.15) is 25.7 Å².